The standard InChI is InChI=1S/C20H21N3O/c1-2-11-21-20(5-1)22-18-8-6-16(7-9-18)17-10-12-23(14-17)15-19-4-3-13-24-19/h1-9,11,13,17H,10,12,14-15H2,(H,21,22). The Morgan fingerprint density at radius 1 is 1.08 bits per heavy atom. The molecule has 0 spiro atoms. The highest BCUT2D eigenvalue weighted by Gasteiger charge is 2.24. The Morgan fingerprint density at radius 2 is 2.00 bits per heavy atom. The zero-order valence-corrected chi connectivity index (χ0v) is 13.6. The third-order valence-electron chi connectivity index (χ3n) is 4.55. The van der Waals surface area contributed by atoms with Crippen LogP contribution in [0.15, 0.2) is 71.5 Å². The molecule has 0 amide bonds. The Kier molecular flexibility index (Phi) is 4.30. The van der Waals surface area contributed by atoms with Crippen molar-refractivity contribution in [3.05, 3.63) is 78.4 Å². The molecule has 0 bridgehead atoms. The van der Waals surface area contributed by atoms with Crippen LogP contribution in [-0.4, -0.2) is 23.0 Å². The van der Waals surface area contributed by atoms with Gasteiger partial charge in [0.2, 0.25) is 0 Å². The van der Waals surface area contributed by atoms with E-state index in [1.165, 1.54) is 12.0 Å². The molecule has 1 aromatic carbocycles. The topological polar surface area (TPSA) is 41.3 Å². The molecule has 1 N–H and O–H groups in total. The summed E-state index contributed by atoms with van der Waals surface area (Å²) in [6.45, 7) is 3.12. The van der Waals surface area contributed by atoms with Crippen LogP contribution in [0, 0.1) is 0 Å². The summed E-state index contributed by atoms with van der Waals surface area (Å²) in [5.74, 6) is 2.52. The first-order chi connectivity index (χ1) is 11.9. The van der Waals surface area contributed by atoms with Gasteiger partial charge in [-0.1, -0.05) is 18.2 Å². The molecule has 1 unspecified atom stereocenters. The minimum atomic E-state index is 0.601. The number of nitrogens with one attached hydrogen (secondary N) is 1. The van der Waals surface area contributed by atoms with E-state index in [9.17, 15) is 0 Å². The number of pyridine rings is 1. The molecule has 0 radical (unpaired) electrons. The van der Waals surface area contributed by atoms with Crippen LogP contribution in [0.4, 0.5) is 11.5 Å². The number of hydrogen-bond donors (Lipinski definition) is 1. The highest BCUT2D eigenvalue weighted by atomic mass is 16.3. The van der Waals surface area contributed by atoms with Crippen LogP contribution in [0.25, 0.3) is 0 Å². The molecule has 24 heavy (non-hydrogen) atoms. The summed E-state index contributed by atoms with van der Waals surface area (Å²) in [6.07, 6.45) is 4.74. The molecular formula is C20H21N3O. The van der Waals surface area contributed by atoms with E-state index in [-0.39, 0.29) is 0 Å². The molecule has 4 heteroatoms. The van der Waals surface area contributed by atoms with E-state index in [1.54, 1.807) is 12.5 Å². The van der Waals surface area contributed by atoms with Gasteiger partial charge in [-0.25, -0.2) is 4.98 Å². The lowest BCUT2D eigenvalue weighted by atomic mass is 9.98. The van der Waals surface area contributed by atoms with Crippen LogP contribution in [0.2, 0.25) is 0 Å². The fourth-order valence-electron chi connectivity index (χ4n) is 3.29. The minimum absolute atomic E-state index is 0.601. The molecule has 1 atom stereocenters. The van der Waals surface area contributed by atoms with Crippen molar-refractivity contribution in [2.45, 2.75) is 18.9 Å². The summed E-state index contributed by atoms with van der Waals surface area (Å²) in [5, 5.41) is 3.33. The maximum absolute atomic E-state index is 5.45. The molecule has 1 fully saturated rings. The summed E-state index contributed by atoms with van der Waals surface area (Å²) in [4.78, 5) is 6.75. The summed E-state index contributed by atoms with van der Waals surface area (Å²) >= 11 is 0. The van der Waals surface area contributed by atoms with Crippen molar-refractivity contribution in [1.82, 2.24) is 9.88 Å². The number of likely N-dealkylation sites (tertiary alicyclic amines) is 1. The van der Waals surface area contributed by atoms with Crippen molar-refractivity contribution in [3.63, 3.8) is 0 Å². The molecule has 0 saturated carbocycles. The first kappa shape index (κ1) is 15.0. The average Bonchev–Trinajstić information content (AvgIpc) is 3.29. The van der Waals surface area contributed by atoms with E-state index < -0.39 is 0 Å². The summed E-state index contributed by atoms with van der Waals surface area (Å²) < 4.78 is 5.45. The second kappa shape index (κ2) is 6.89. The largest absolute Gasteiger partial charge is 0.468 e. The van der Waals surface area contributed by atoms with E-state index in [0.717, 1.165) is 36.9 Å². The minimum Gasteiger partial charge on any atom is -0.468 e. The number of furan rings is 1. The van der Waals surface area contributed by atoms with Crippen LogP contribution in [0.5, 0.6) is 0 Å². The van der Waals surface area contributed by atoms with Crippen molar-refractivity contribution < 1.29 is 4.42 Å². The van der Waals surface area contributed by atoms with E-state index in [1.807, 2.05) is 30.3 Å². The number of benzene rings is 1. The maximum Gasteiger partial charge on any atom is 0.130 e. The lowest BCUT2D eigenvalue weighted by molar-refractivity contribution is 0.294. The second-order valence-electron chi connectivity index (χ2n) is 6.26. The number of aromatic nitrogens is 1. The van der Waals surface area contributed by atoms with Crippen molar-refractivity contribution in [1.29, 1.82) is 0 Å². The average molecular weight is 319 g/mol. The first-order valence-corrected chi connectivity index (χ1v) is 8.39. The Bertz CT molecular complexity index is 753. The first-order valence-electron chi connectivity index (χ1n) is 8.39. The monoisotopic (exact) mass is 319 g/mol. The van der Waals surface area contributed by atoms with Gasteiger partial charge in [-0.05, 0) is 60.8 Å². The Morgan fingerprint density at radius 3 is 2.75 bits per heavy atom. The summed E-state index contributed by atoms with van der Waals surface area (Å²) in [6, 6.07) is 18.6. The Hall–Kier alpha value is -2.59. The van der Waals surface area contributed by atoms with Crippen molar-refractivity contribution in [3.8, 4) is 0 Å². The lowest BCUT2D eigenvalue weighted by Crippen LogP contribution is -2.19. The zero-order valence-electron chi connectivity index (χ0n) is 13.6. The molecule has 3 aromatic rings. The molecule has 122 valence electrons. The molecule has 1 aliphatic rings. The Balaban J connectivity index is 1.37. The summed E-state index contributed by atoms with van der Waals surface area (Å²) in [5.41, 5.74) is 2.48. The van der Waals surface area contributed by atoms with Gasteiger partial charge in [0.15, 0.2) is 0 Å². The third-order valence-corrected chi connectivity index (χ3v) is 4.55. The SMILES string of the molecule is c1ccc(Nc2ccc(C3CCN(Cc4ccco4)C3)cc2)nc1. The van der Waals surface area contributed by atoms with Crippen LogP contribution in [0.3, 0.4) is 0 Å². The normalized spacial score (nSPS) is 17.9. The van der Waals surface area contributed by atoms with E-state index >= 15 is 0 Å². The van der Waals surface area contributed by atoms with Gasteiger partial charge in [0.25, 0.3) is 0 Å². The molecule has 3 heterocycles. The molecule has 0 aliphatic carbocycles. The number of anilines is 2. The van der Waals surface area contributed by atoms with Gasteiger partial charge in [-0.2, -0.15) is 0 Å². The van der Waals surface area contributed by atoms with E-state index in [4.69, 9.17) is 4.42 Å². The van der Waals surface area contributed by atoms with Crippen LogP contribution >= 0.6 is 0 Å². The fourth-order valence-corrected chi connectivity index (χ4v) is 3.29. The van der Waals surface area contributed by atoms with Gasteiger partial charge in [-0.3, -0.25) is 4.90 Å². The molecule has 1 saturated heterocycles. The number of hydrogen-bond acceptors (Lipinski definition) is 4. The molecule has 4 nitrogen and oxygen atoms in total. The molecule has 4 rings (SSSR count). The van der Waals surface area contributed by atoms with E-state index in [2.05, 4.69) is 39.5 Å². The Labute approximate surface area is 142 Å². The van der Waals surface area contributed by atoms with Crippen LogP contribution in [-0.2, 0) is 6.54 Å². The quantitative estimate of drug-likeness (QED) is 0.756. The predicted molar refractivity (Wildman–Crippen MR) is 95.3 cm³/mol. The highest BCUT2D eigenvalue weighted by molar-refractivity contribution is 5.56. The van der Waals surface area contributed by atoms with Crippen molar-refractivity contribution >= 4 is 11.5 Å². The van der Waals surface area contributed by atoms with Crippen LogP contribution < -0.4 is 5.32 Å². The number of nitrogens with zero attached hydrogens (tertiary/aromatic N) is 2. The number of rotatable bonds is 5. The van der Waals surface area contributed by atoms with Gasteiger partial charge in [0.05, 0.1) is 12.8 Å². The molecule has 1 aliphatic heterocycles. The van der Waals surface area contributed by atoms with Gasteiger partial charge in [-0.15, -0.1) is 0 Å². The van der Waals surface area contributed by atoms with Gasteiger partial charge < -0.3 is 9.73 Å². The third kappa shape index (κ3) is 3.49. The fraction of sp³-hybridized carbons (Fsp3) is 0.250. The maximum atomic E-state index is 5.45. The zero-order chi connectivity index (χ0) is 16.2. The molecular weight excluding hydrogens is 298 g/mol. The predicted octanol–water partition coefficient (Wildman–Crippen LogP) is 4.41. The van der Waals surface area contributed by atoms with E-state index in [0.29, 0.717) is 5.92 Å². The summed E-state index contributed by atoms with van der Waals surface area (Å²) in [7, 11) is 0. The van der Waals surface area contributed by atoms with Gasteiger partial charge in [0, 0.05) is 18.4 Å². The van der Waals surface area contributed by atoms with Crippen molar-refractivity contribution in [2.24, 2.45) is 0 Å². The highest BCUT2D eigenvalue weighted by Crippen LogP contribution is 2.29. The molecule has 2 aromatic heterocycles. The lowest BCUT2D eigenvalue weighted by Gasteiger charge is -2.15. The van der Waals surface area contributed by atoms with Crippen LogP contribution in [0.1, 0.15) is 23.7 Å². The van der Waals surface area contributed by atoms with Gasteiger partial charge >= 0.3 is 0 Å². The second-order valence-corrected chi connectivity index (χ2v) is 6.26. The smallest absolute Gasteiger partial charge is 0.130 e. The van der Waals surface area contributed by atoms with Crippen molar-refractivity contribution in [2.75, 3.05) is 18.4 Å². The van der Waals surface area contributed by atoms with Gasteiger partial charge in [0.1, 0.15) is 11.6 Å².